The molecule has 12 heteroatoms. The third-order valence-corrected chi connectivity index (χ3v) is 7.39. The summed E-state index contributed by atoms with van der Waals surface area (Å²) in [7, 11) is -0.826. The fourth-order valence-corrected chi connectivity index (χ4v) is 5.17. The van der Waals surface area contributed by atoms with E-state index in [1.807, 2.05) is 12.1 Å². The molecule has 0 aliphatic rings. The summed E-state index contributed by atoms with van der Waals surface area (Å²) in [5.74, 6) is -0.347. The monoisotopic (exact) mass is 556 g/mol. The first-order valence-corrected chi connectivity index (χ1v) is 13.4. The normalized spacial score (nSPS) is 11.2. The molecule has 1 amide bonds. The lowest BCUT2D eigenvalue weighted by atomic mass is 10.0. The number of carbonyl (C=O) groups is 1. The topological polar surface area (TPSA) is 158 Å². The molecule has 0 aliphatic heterocycles. The zero-order valence-corrected chi connectivity index (χ0v) is 22.3. The number of benzene rings is 3. The largest absolute Gasteiger partial charge is 0.480 e. The van der Waals surface area contributed by atoms with Crippen molar-refractivity contribution in [2.45, 2.75) is 4.90 Å². The van der Waals surface area contributed by atoms with Gasteiger partial charge in [0.2, 0.25) is 5.88 Å². The third kappa shape index (κ3) is 5.33. The van der Waals surface area contributed by atoms with Gasteiger partial charge in [0, 0.05) is 23.5 Å². The Balaban J connectivity index is 1.52. The summed E-state index contributed by atoms with van der Waals surface area (Å²) >= 11 is 0. The molecular weight excluding hydrogens is 532 g/mol. The molecule has 0 aliphatic carbocycles. The average Bonchev–Trinajstić information content (AvgIpc) is 2.97. The predicted molar refractivity (Wildman–Crippen MR) is 151 cm³/mol. The summed E-state index contributed by atoms with van der Waals surface area (Å²) in [4.78, 5) is 25.3. The van der Waals surface area contributed by atoms with Crippen molar-refractivity contribution < 1.29 is 22.7 Å². The summed E-state index contributed by atoms with van der Waals surface area (Å²) in [6.07, 6.45) is 2.98. The Morgan fingerprint density at radius 2 is 1.65 bits per heavy atom. The van der Waals surface area contributed by atoms with Crippen molar-refractivity contribution in [1.29, 1.82) is 0 Å². The van der Waals surface area contributed by atoms with E-state index in [1.165, 1.54) is 32.5 Å². The van der Waals surface area contributed by atoms with Gasteiger partial charge in [0.05, 0.1) is 47.1 Å². The van der Waals surface area contributed by atoms with Crippen LogP contribution in [0.3, 0.4) is 0 Å². The molecule has 4 N–H and O–H groups in total. The maximum atomic E-state index is 12.8. The second-order valence-electron chi connectivity index (χ2n) is 8.55. The molecule has 0 atom stereocenters. The van der Waals surface area contributed by atoms with Crippen molar-refractivity contribution in [2.75, 3.05) is 24.3 Å². The number of aromatic nitrogens is 3. The summed E-state index contributed by atoms with van der Waals surface area (Å²) in [5, 5.41) is 3.83. The number of carbonyl (C=O) groups excluding carboxylic acids is 1. The minimum atomic E-state index is -3.79. The number of nitrogens with two attached hydrogens (primary N) is 1. The van der Waals surface area contributed by atoms with Gasteiger partial charge in [-0.2, -0.15) is 4.98 Å². The number of fused-ring (bicyclic) bond motifs is 1. The summed E-state index contributed by atoms with van der Waals surface area (Å²) in [5.41, 5.74) is 9.03. The van der Waals surface area contributed by atoms with Crippen LogP contribution >= 0.6 is 0 Å². The minimum absolute atomic E-state index is 0.138. The number of anilines is 3. The minimum Gasteiger partial charge on any atom is -0.480 e. The maximum absolute atomic E-state index is 12.8. The first-order chi connectivity index (χ1) is 19.3. The van der Waals surface area contributed by atoms with Gasteiger partial charge in [-0.1, -0.05) is 36.4 Å². The van der Waals surface area contributed by atoms with Gasteiger partial charge >= 0.3 is 6.01 Å². The second kappa shape index (κ2) is 10.9. The van der Waals surface area contributed by atoms with E-state index in [2.05, 4.69) is 25.0 Å². The van der Waals surface area contributed by atoms with Crippen LogP contribution in [-0.2, 0) is 10.0 Å². The Labute approximate surface area is 230 Å². The first kappa shape index (κ1) is 26.4. The molecule has 2 heterocycles. The number of methoxy groups -OCH3 is 2. The number of hydrogen-bond acceptors (Lipinski definition) is 9. The number of rotatable bonds is 9. The van der Waals surface area contributed by atoms with Crippen LogP contribution in [0.5, 0.6) is 11.9 Å². The highest BCUT2D eigenvalue weighted by molar-refractivity contribution is 7.92. The van der Waals surface area contributed by atoms with Gasteiger partial charge in [0.15, 0.2) is 0 Å². The number of hydrogen-bond donors (Lipinski definition) is 3. The molecule has 0 bridgehead atoms. The van der Waals surface area contributed by atoms with Gasteiger partial charge in [-0.05, 0) is 42.0 Å². The molecule has 0 unspecified atom stereocenters. The quantitative estimate of drug-likeness (QED) is 0.240. The van der Waals surface area contributed by atoms with E-state index in [1.54, 1.807) is 54.7 Å². The summed E-state index contributed by atoms with van der Waals surface area (Å²) < 4.78 is 38.7. The molecule has 5 aromatic rings. The second-order valence-corrected chi connectivity index (χ2v) is 10.2. The van der Waals surface area contributed by atoms with Crippen LogP contribution in [0.1, 0.15) is 10.4 Å². The van der Waals surface area contributed by atoms with Gasteiger partial charge < -0.3 is 20.5 Å². The first-order valence-electron chi connectivity index (χ1n) is 11.9. The van der Waals surface area contributed by atoms with Gasteiger partial charge in [0.25, 0.3) is 15.9 Å². The third-order valence-electron chi connectivity index (χ3n) is 5.99. The lowest BCUT2D eigenvalue weighted by Gasteiger charge is -2.15. The van der Waals surface area contributed by atoms with Crippen LogP contribution in [0.25, 0.3) is 22.0 Å². The number of pyridine rings is 1. The Hall–Kier alpha value is -5.23. The van der Waals surface area contributed by atoms with Crippen molar-refractivity contribution >= 4 is 43.9 Å². The fourth-order valence-electron chi connectivity index (χ4n) is 4.10. The lowest BCUT2D eigenvalue weighted by molar-refractivity contribution is 0.100. The van der Waals surface area contributed by atoms with Crippen LogP contribution in [0.4, 0.5) is 17.1 Å². The van der Waals surface area contributed by atoms with Gasteiger partial charge in [0.1, 0.15) is 0 Å². The SMILES string of the molecule is COc1ncc(-c2ccc3c(Nc4cccc(NS(=O)(=O)c5ccccc5)c4)c(C(N)=O)cnc3c2)c(OC)n1. The fraction of sp³-hybridized carbons (Fsp3) is 0.0714. The molecular formula is C28H24N6O5S. The molecule has 0 saturated heterocycles. The molecule has 0 fully saturated rings. The molecule has 3 aromatic carbocycles. The zero-order valence-electron chi connectivity index (χ0n) is 21.5. The molecule has 202 valence electrons. The van der Waals surface area contributed by atoms with Crippen LogP contribution < -0.4 is 25.2 Å². The van der Waals surface area contributed by atoms with Crippen LogP contribution in [-0.4, -0.2) is 43.5 Å². The molecule has 0 radical (unpaired) electrons. The number of nitrogens with zero attached hydrogens (tertiary/aromatic N) is 3. The molecule has 11 nitrogen and oxygen atoms in total. The smallest absolute Gasteiger partial charge is 0.319 e. The highest BCUT2D eigenvalue weighted by atomic mass is 32.2. The summed E-state index contributed by atoms with van der Waals surface area (Å²) in [6, 6.07) is 20.3. The van der Waals surface area contributed by atoms with Crippen molar-refractivity contribution in [3.05, 3.63) is 90.8 Å². The Morgan fingerprint density at radius 1 is 0.875 bits per heavy atom. The average molecular weight is 557 g/mol. The number of amides is 1. The van der Waals surface area contributed by atoms with E-state index in [0.717, 1.165) is 5.56 Å². The van der Waals surface area contributed by atoms with Gasteiger partial charge in [-0.3, -0.25) is 14.5 Å². The lowest BCUT2D eigenvalue weighted by Crippen LogP contribution is -2.14. The van der Waals surface area contributed by atoms with E-state index < -0.39 is 15.9 Å². The Bertz CT molecular complexity index is 1830. The van der Waals surface area contributed by atoms with E-state index in [4.69, 9.17) is 15.2 Å². The van der Waals surface area contributed by atoms with Gasteiger partial charge in [-0.25, -0.2) is 13.4 Å². The van der Waals surface area contributed by atoms with Crippen molar-refractivity contribution in [3.63, 3.8) is 0 Å². The molecule has 2 aromatic heterocycles. The zero-order chi connectivity index (χ0) is 28.3. The number of nitrogens with one attached hydrogen (secondary N) is 2. The van der Waals surface area contributed by atoms with E-state index >= 15 is 0 Å². The van der Waals surface area contributed by atoms with Crippen LogP contribution in [0, 0.1) is 0 Å². The predicted octanol–water partition coefficient (Wildman–Crippen LogP) is 4.35. The van der Waals surface area contributed by atoms with E-state index in [-0.39, 0.29) is 16.5 Å². The van der Waals surface area contributed by atoms with Crippen molar-refractivity contribution in [1.82, 2.24) is 15.0 Å². The highest BCUT2D eigenvalue weighted by Crippen LogP contribution is 2.35. The number of primary amides is 1. The van der Waals surface area contributed by atoms with E-state index in [0.29, 0.717) is 39.4 Å². The van der Waals surface area contributed by atoms with Crippen molar-refractivity contribution in [2.24, 2.45) is 5.73 Å². The van der Waals surface area contributed by atoms with Crippen LogP contribution in [0.15, 0.2) is 90.1 Å². The maximum Gasteiger partial charge on any atom is 0.319 e. The standard InChI is InChI=1S/C28H24N6O5S/c1-38-27-22(15-31-28(33-27)39-2)17-11-12-21-24(13-17)30-16-23(26(29)35)25(21)32-18-7-6-8-19(14-18)34-40(36,37)20-9-4-3-5-10-20/h3-16,34H,1-2H3,(H2,29,35)(H,30,32). The van der Waals surface area contributed by atoms with E-state index in [9.17, 15) is 13.2 Å². The highest BCUT2D eigenvalue weighted by Gasteiger charge is 2.18. The Morgan fingerprint density at radius 3 is 2.38 bits per heavy atom. The molecule has 0 spiro atoms. The van der Waals surface area contributed by atoms with Crippen LogP contribution in [0.2, 0.25) is 0 Å². The van der Waals surface area contributed by atoms with Gasteiger partial charge in [-0.15, -0.1) is 0 Å². The van der Waals surface area contributed by atoms with Crippen molar-refractivity contribution in [3.8, 4) is 23.0 Å². The molecule has 5 rings (SSSR count). The number of sulfonamides is 1. The molecule has 0 saturated carbocycles. The molecule has 40 heavy (non-hydrogen) atoms. The summed E-state index contributed by atoms with van der Waals surface area (Å²) in [6.45, 7) is 0. The Kier molecular flexibility index (Phi) is 7.17. The number of ether oxygens (including phenoxy) is 2.